The van der Waals surface area contributed by atoms with Crippen LogP contribution in [0.2, 0.25) is 0 Å². The van der Waals surface area contributed by atoms with Gasteiger partial charge in [-0.3, -0.25) is 9.78 Å². The Kier molecular flexibility index (Phi) is 6.75. The van der Waals surface area contributed by atoms with Crippen molar-refractivity contribution in [2.24, 2.45) is 0 Å². The number of hydrogen-bond acceptors (Lipinski definition) is 7. The van der Waals surface area contributed by atoms with Gasteiger partial charge in [-0.1, -0.05) is 24.3 Å². The molecule has 3 rings (SSSR count). The molecular weight excluding hydrogens is 432 g/mol. The van der Waals surface area contributed by atoms with Crippen LogP contribution in [-0.4, -0.2) is 57.3 Å². The molecule has 0 radical (unpaired) electrons. The molecular formula is C22H28N4O5S. The van der Waals surface area contributed by atoms with Crippen LogP contribution < -0.4 is 19.9 Å². The number of aromatic amines is 1. The summed E-state index contributed by atoms with van der Waals surface area (Å²) in [7, 11) is 3.22. The maximum absolute atomic E-state index is 12.8. The SMILES string of the molecule is COc1cc2nc(N(C)Cc3ccc(CN(C)S(C)(=O)=O)cc3)[nH]c(=O)c2c(C)c1OC. The molecule has 0 aliphatic heterocycles. The van der Waals surface area contributed by atoms with Gasteiger partial charge in [0.25, 0.3) is 5.56 Å². The molecule has 0 atom stereocenters. The minimum absolute atomic E-state index is 0.255. The van der Waals surface area contributed by atoms with Crippen molar-refractivity contribution in [1.29, 1.82) is 0 Å². The molecule has 1 N–H and O–H groups in total. The lowest BCUT2D eigenvalue weighted by molar-refractivity contribution is 0.354. The standard InChI is InChI=1S/C22H28N4O5S/c1-14-19-17(11-18(30-4)20(14)31-5)23-22(24-21(19)27)25(2)12-15-7-9-16(10-8-15)13-26(3)32(6,28)29/h7-11H,12-13H2,1-6H3,(H,23,24,27). The first-order valence-electron chi connectivity index (χ1n) is 9.91. The molecule has 172 valence electrons. The molecule has 0 aliphatic rings. The molecule has 0 amide bonds. The maximum atomic E-state index is 12.8. The number of rotatable bonds is 8. The molecule has 3 aromatic rings. The fourth-order valence-electron chi connectivity index (χ4n) is 3.49. The Morgan fingerprint density at radius 3 is 2.16 bits per heavy atom. The zero-order valence-corrected chi connectivity index (χ0v) is 19.9. The number of anilines is 1. The van der Waals surface area contributed by atoms with Crippen molar-refractivity contribution in [2.75, 3.05) is 39.5 Å². The Balaban J connectivity index is 1.85. The van der Waals surface area contributed by atoms with Crippen molar-refractivity contribution in [3.63, 3.8) is 0 Å². The highest BCUT2D eigenvalue weighted by Crippen LogP contribution is 2.35. The van der Waals surface area contributed by atoms with Crippen LogP contribution in [0, 0.1) is 6.92 Å². The summed E-state index contributed by atoms with van der Waals surface area (Å²) in [5.74, 6) is 1.45. The predicted octanol–water partition coefficient (Wildman–Crippen LogP) is 2.28. The van der Waals surface area contributed by atoms with E-state index in [1.807, 2.05) is 36.2 Å². The second-order valence-electron chi connectivity index (χ2n) is 7.71. The monoisotopic (exact) mass is 460 g/mol. The first kappa shape index (κ1) is 23.6. The molecule has 0 bridgehead atoms. The zero-order chi connectivity index (χ0) is 23.6. The highest BCUT2D eigenvalue weighted by Gasteiger charge is 2.17. The number of aromatic nitrogens is 2. The van der Waals surface area contributed by atoms with Crippen LogP contribution in [0.25, 0.3) is 10.9 Å². The fourth-order valence-corrected chi connectivity index (χ4v) is 3.88. The van der Waals surface area contributed by atoms with Gasteiger partial charge in [0.1, 0.15) is 0 Å². The Bertz CT molecular complexity index is 1290. The number of nitrogens with zero attached hydrogens (tertiary/aromatic N) is 3. The fraction of sp³-hybridized carbons (Fsp3) is 0.364. The molecule has 9 nitrogen and oxygen atoms in total. The number of benzene rings is 2. The van der Waals surface area contributed by atoms with Gasteiger partial charge in [0, 0.05) is 38.8 Å². The number of H-pyrrole nitrogens is 1. The number of ether oxygens (including phenoxy) is 2. The van der Waals surface area contributed by atoms with Crippen LogP contribution in [0.15, 0.2) is 35.1 Å². The van der Waals surface area contributed by atoms with Gasteiger partial charge in [0.15, 0.2) is 11.5 Å². The normalized spacial score (nSPS) is 11.7. The lowest BCUT2D eigenvalue weighted by Gasteiger charge is -2.19. The number of sulfonamides is 1. The first-order chi connectivity index (χ1) is 15.0. The largest absolute Gasteiger partial charge is 0.493 e. The highest BCUT2D eigenvalue weighted by atomic mass is 32.2. The van der Waals surface area contributed by atoms with Crippen LogP contribution in [0.1, 0.15) is 16.7 Å². The molecule has 0 spiro atoms. The van der Waals surface area contributed by atoms with Gasteiger partial charge in [-0.15, -0.1) is 0 Å². The molecule has 10 heteroatoms. The van der Waals surface area contributed by atoms with Crippen molar-refractivity contribution < 1.29 is 17.9 Å². The number of aryl methyl sites for hydroxylation is 1. The molecule has 0 saturated carbocycles. The van der Waals surface area contributed by atoms with E-state index in [4.69, 9.17) is 9.47 Å². The Hall–Kier alpha value is -3.11. The second-order valence-corrected chi connectivity index (χ2v) is 9.80. The molecule has 1 heterocycles. The van der Waals surface area contributed by atoms with E-state index < -0.39 is 10.0 Å². The summed E-state index contributed by atoms with van der Waals surface area (Å²) in [5.41, 5.74) is 2.81. The Morgan fingerprint density at radius 2 is 1.62 bits per heavy atom. The van der Waals surface area contributed by atoms with E-state index in [0.717, 1.165) is 11.1 Å². The van der Waals surface area contributed by atoms with Crippen molar-refractivity contribution in [2.45, 2.75) is 20.0 Å². The van der Waals surface area contributed by atoms with Gasteiger partial charge < -0.3 is 14.4 Å². The highest BCUT2D eigenvalue weighted by molar-refractivity contribution is 7.88. The third-order valence-electron chi connectivity index (χ3n) is 5.34. The molecule has 0 unspecified atom stereocenters. The molecule has 32 heavy (non-hydrogen) atoms. The number of fused-ring (bicyclic) bond motifs is 1. The van der Waals surface area contributed by atoms with E-state index in [1.54, 1.807) is 27.1 Å². The molecule has 0 aliphatic carbocycles. The summed E-state index contributed by atoms with van der Waals surface area (Å²) in [5, 5.41) is 0.458. The van der Waals surface area contributed by atoms with Crippen LogP contribution in [0.5, 0.6) is 11.5 Å². The summed E-state index contributed by atoms with van der Waals surface area (Å²) >= 11 is 0. The van der Waals surface area contributed by atoms with Gasteiger partial charge in [-0.25, -0.2) is 17.7 Å². The topological polar surface area (TPSA) is 105 Å². The Morgan fingerprint density at radius 1 is 1.03 bits per heavy atom. The summed E-state index contributed by atoms with van der Waals surface area (Å²) in [6, 6.07) is 9.34. The Labute approximate surface area is 187 Å². The van der Waals surface area contributed by atoms with E-state index >= 15 is 0 Å². The lowest BCUT2D eigenvalue weighted by atomic mass is 10.1. The van der Waals surface area contributed by atoms with E-state index in [1.165, 1.54) is 17.7 Å². The minimum Gasteiger partial charge on any atom is -0.493 e. The lowest BCUT2D eigenvalue weighted by Crippen LogP contribution is -2.25. The van der Waals surface area contributed by atoms with Crippen molar-refractivity contribution >= 4 is 26.9 Å². The molecule has 0 fully saturated rings. The van der Waals surface area contributed by atoms with Gasteiger partial charge >= 0.3 is 0 Å². The average Bonchev–Trinajstić information content (AvgIpc) is 2.73. The summed E-state index contributed by atoms with van der Waals surface area (Å²) in [4.78, 5) is 22.1. The third kappa shape index (κ3) is 4.86. The van der Waals surface area contributed by atoms with Crippen LogP contribution >= 0.6 is 0 Å². The number of methoxy groups -OCH3 is 2. The van der Waals surface area contributed by atoms with Gasteiger partial charge in [0.2, 0.25) is 16.0 Å². The van der Waals surface area contributed by atoms with E-state index in [-0.39, 0.29) is 5.56 Å². The van der Waals surface area contributed by atoms with E-state index in [2.05, 4.69) is 9.97 Å². The number of hydrogen-bond donors (Lipinski definition) is 1. The average molecular weight is 461 g/mol. The molecule has 0 saturated heterocycles. The summed E-state index contributed by atoms with van der Waals surface area (Å²) in [6.45, 7) is 2.61. The van der Waals surface area contributed by atoms with Gasteiger partial charge in [-0.2, -0.15) is 0 Å². The van der Waals surface area contributed by atoms with E-state index in [0.29, 0.717) is 47.0 Å². The van der Waals surface area contributed by atoms with Crippen LogP contribution in [-0.2, 0) is 23.1 Å². The second kappa shape index (κ2) is 9.17. The zero-order valence-electron chi connectivity index (χ0n) is 19.1. The molecule has 2 aromatic carbocycles. The van der Waals surface area contributed by atoms with Gasteiger partial charge in [-0.05, 0) is 18.1 Å². The first-order valence-corrected chi connectivity index (χ1v) is 11.8. The quantitative estimate of drug-likeness (QED) is 0.550. The summed E-state index contributed by atoms with van der Waals surface area (Å²) < 4.78 is 35.3. The third-order valence-corrected chi connectivity index (χ3v) is 6.60. The minimum atomic E-state index is -3.23. The van der Waals surface area contributed by atoms with E-state index in [9.17, 15) is 13.2 Å². The van der Waals surface area contributed by atoms with Gasteiger partial charge in [0.05, 0.1) is 31.4 Å². The smallest absolute Gasteiger partial charge is 0.260 e. The van der Waals surface area contributed by atoms with Crippen molar-refractivity contribution in [1.82, 2.24) is 14.3 Å². The maximum Gasteiger partial charge on any atom is 0.260 e. The van der Waals surface area contributed by atoms with Crippen molar-refractivity contribution in [3.05, 3.63) is 57.4 Å². The van der Waals surface area contributed by atoms with Crippen LogP contribution in [0.4, 0.5) is 5.95 Å². The molecule has 1 aromatic heterocycles. The number of nitrogens with one attached hydrogen (secondary N) is 1. The van der Waals surface area contributed by atoms with Crippen molar-refractivity contribution in [3.8, 4) is 11.5 Å². The summed E-state index contributed by atoms with van der Waals surface area (Å²) in [6.07, 6.45) is 1.18. The predicted molar refractivity (Wildman–Crippen MR) is 125 cm³/mol. The van der Waals surface area contributed by atoms with Crippen LogP contribution in [0.3, 0.4) is 0 Å².